The summed E-state index contributed by atoms with van der Waals surface area (Å²) in [6, 6.07) is 4.24. The van der Waals surface area contributed by atoms with Gasteiger partial charge in [-0.3, -0.25) is 9.80 Å². The van der Waals surface area contributed by atoms with Gasteiger partial charge in [0, 0.05) is 31.7 Å². The molecule has 1 atom stereocenters. The van der Waals surface area contributed by atoms with Crippen LogP contribution in [-0.2, 0) is 6.54 Å². The van der Waals surface area contributed by atoms with Crippen LogP contribution in [0.25, 0.3) is 0 Å². The van der Waals surface area contributed by atoms with Crippen LogP contribution >= 0.6 is 0 Å². The van der Waals surface area contributed by atoms with Gasteiger partial charge in [-0.1, -0.05) is 17.3 Å². The molecular formula is C15H18F2N4O. The smallest absolute Gasteiger partial charge is 0.245 e. The Morgan fingerprint density at radius 3 is 2.86 bits per heavy atom. The van der Waals surface area contributed by atoms with Crippen LogP contribution in [-0.4, -0.2) is 46.6 Å². The Balaban J connectivity index is 1.74. The van der Waals surface area contributed by atoms with Crippen molar-refractivity contribution in [1.29, 1.82) is 0 Å². The Labute approximate surface area is 127 Å². The summed E-state index contributed by atoms with van der Waals surface area (Å²) < 4.78 is 32.4. The Morgan fingerprint density at radius 2 is 2.14 bits per heavy atom. The monoisotopic (exact) mass is 308 g/mol. The maximum atomic E-state index is 13.8. The largest absolute Gasteiger partial charge is 0.338 e. The summed E-state index contributed by atoms with van der Waals surface area (Å²) in [6.45, 7) is 4.34. The van der Waals surface area contributed by atoms with Crippen molar-refractivity contribution in [2.24, 2.45) is 0 Å². The lowest BCUT2D eigenvalue weighted by Crippen LogP contribution is -2.46. The van der Waals surface area contributed by atoms with Crippen molar-refractivity contribution >= 4 is 0 Å². The van der Waals surface area contributed by atoms with E-state index in [1.807, 2.05) is 7.05 Å². The summed E-state index contributed by atoms with van der Waals surface area (Å²) in [7, 11) is 1.99. The lowest BCUT2D eigenvalue weighted by molar-refractivity contribution is 0.0707. The van der Waals surface area contributed by atoms with Crippen molar-refractivity contribution in [2.75, 3.05) is 26.7 Å². The van der Waals surface area contributed by atoms with E-state index >= 15 is 0 Å². The van der Waals surface area contributed by atoms with Gasteiger partial charge in [0.15, 0.2) is 17.5 Å². The first-order valence-corrected chi connectivity index (χ1v) is 7.20. The molecule has 2 heterocycles. The molecule has 22 heavy (non-hydrogen) atoms. The van der Waals surface area contributed by atoms with E-state index in [-0.39, 0.29) is 6.04 Å². The van der Waals surface area contributed by atoms with Gasteiger partial charge >= 0.3 is 0 Å². The maximum absolute atomic E-state index is 13.8. The molecule has 118 valence electrons. The van der Waals surface area contributed by atoms with Crippen LogP contribution in [0.3, 0.4) is 0 Å². The molecule has 0 bridgehead atoms. The zero-order valence-electron chi connectivity index (χ0n) is 12.6. The minimum atomic E-state index is -0.810. The molecule has 1 saturated heterocycles. The molecular weight excluding hydrogens is 290 g/mol. The van der Waals surface area contributed by atoms with E-state index in [4.69, 9.17) is 4.52 Å². The number of aromatic nitrogens is 2. The average Bonchev–Trinajstić information content (AvgIpc) is 2.92. The zero-order chi connectivity index (χ0) is 15.7. The van der Waals surface area contributed by atoms with E-state index in [0.29, 0.717) is 30.4 Å². The molecule has 1 aliphatic rings. The molecule has 0 radical (unpaired) electrons. The molecule has 0 spiro atoms. The first kappa shape index (κ1) is 15.1. The normalized spacial score (nSPS) is 20.5. The fourth-order valence-electron chi connectivity index (χ4n) is 2.70. The molecule has 3 rings (SSSR count). The summed E-state index contributed by atoms with van der Waals surface area (Å²) in [5, 5.41) is 3.82. The number of piperazine rings is 1. The van der Waals surface area contributed by atoms with E-state index in [1.165, 1.54) is 6.07 Å². The third-order valence-corrected chi connectivity index (χ3v) is 3.99. The quantitative estimate of drug-likeness (QED) is 0.869. The van der Waals surface area contributed by atoms with Crippen molar-refractivity contribution in [1.82, 2.24) is 19.9 Å². The second kappa shape index (κ2) is 6.10. The summed E-state index contributed by atoms with van der Waals surface area (Å²) in [6.07, 6.45) is 0. The van der Waals surface area contributed by atoms with Gasteiger partial charge in [-0.2, -0.15) is 4.98 Å². The summed E-state index contributed by atoms with van der Waals surface area (Å²) in [5.41, 5.74) is 0.366. The van der Waals surface area contributed by atoms with E-state index < -0.39 is 11.6 Å². The average molecular weight is 308 g/mol. The summed E-state index contributed by atoms with van der Waals surface area (Å²) >= 11 is 0. The van der Waals surface area contributed by atoms with Gasteiger partial charge < -0.3 is 4.52 Å². The third-order valence-electron chi connectivity index (χ3n) is 3.99. The highest BCUT2D eigenvalue weighted by Gasteiger charge is 2.30. The highest BCUT2D eigenvalue weighted by Crippen LogP contribution is 2.24. The second-order valence-corrected chi connectivity index (χ2v) is 5.62. The third kappa shape index (κ3) is 3.00. The van der Waals surface area contributed by atoms with E-state index in [1.54, 1.807) is 13.0 Å². The number of rotatable bonds is 3. The summed E-state index contributed by atoms with van der Waals surface area (Å²) in [5.74, 6) is -0.427. The molecule has 5 nitrogen and oxygen atoms in total. The first-order valence-electron chi connectivity index (χ1n) is 7.20. The zero-order valence-corrected chi connectivity index (χ0v) is 12.6. The standard InChI is InChI=1S/C15H18F2N4O/c1-10-18-15(22-19-10)13-9-21(7-6-20(13)2)8-11-4-3-5-12(16)14(11)17/h3-5,13H,6-9H2,1-2H3/t13-/m1/s1. The van der Waals surface area contributed by atoms with Gasteiger partial charge in [0.2, 0.25) is 5.89 Å². The molecule has 7 heteroatoms. The highest BCUT2D eigenvalue weighted by molar-refractivity contribution is 5.19. The Bertz CT molecular complexity index is 661. The molecule has 0 amide bonds. The number of hydrogen-bond donors (Lipinski definition) is 0. The van der Waals surface area contributed by atoms with Crippen LogP contribution < -0.4 is 0 Å². The number of benzene rings is 1. The predicted octanol–water partition coefficient (Wildman–Crippen LogP) is 2.14. The fourth-order valence-corrected chi connectivity index (χ4v) is 2.70. The van der Waals surface area contributed by atoms with E-state index in [9.17, 15) is 8.78 Å². The topological polar surface area (TPSA) is 45.4 Å². The maximum Gasteiger partial charge on any atom is 0.245 e. The van der Waals surface area contributed by atoms with Crippen LogP contribution in [0.2, 0.25) is 0 Å². The van der Waals surface area contributed by atoms with Crippen molar-refractivity contribution in [3.63, 3.8) is 0 Å². The minimum Gasteiger partial charge on any atom is -0.338 e. The van der Waals surface area contributed by atoms with Crippen LogP contribution in [0.1, 0.15) is 23.3 Å². The number of halogens is 2. The SMILES string of the molecule is Cc1noc([C@H]2CN(Cc3cccc(F)c3F)CCN2C)n1. The molecule has 2 aromatic rings. The van der Waals surface area contributed by atoms with Gasteiger partial charge in [-0.05, 0) is 20.0 Å². The molecule has 0 unspecified atom stereocenters. The van der Waals surface area contributed by atoms with Gasteiger partial charge in [0.05, 0.1) is 0 Å². The molecule has 1 fully saturated rings. The molecule has 1 aromatic carbocycles. The molecule has 0 N–H and O–H groups in total. The molecule has 1 aliphatic heterocycles. The lowest BCUT2D eigenvalue weighted by Gasteiger charge is -2.37. The predicted molar refractivity (Wildman–Crippen MR) is 76.0 cm³/mol. The Morgan fingerprint density at radius 1 is 1.32 bits per heavy atom. The lowest BCUT2D eigenvalue weighted by atomic mass is 10.1. The van der Waals surface area contributed by atoms with Crippen molar-refractivity contribution in [3.8, 4) is 0 Å². The van der Waals surface area contributed by atoms with Crippen molar-refractivity contribution < 1.29 is 13.3 Å². The first-order chi connectivity index (χ1) is 10.5. The molecule has 0 aliphatic carbocycles. The van der Waals surface area contributed by atoms with E-state index in [2.05, 4.69) is 19.9 Å². The highest BCUT2D eigenvalue weighted by atomic mass is 19.2. The fraction of sp³-hybridized carbons (Fsp3) is 0.467. The Hall–Kier alpha value is -1.86. The van der Waals surface area contributed by atoms with Crippen LogP contribution in [0.15, 0.2) is 22.7 Å². The van der Waals surface area contributed by atoms with Gasteiger partial charge in [0.25, 0.3) is 0 Å². The van der Waals surface area contributed by atoms with Gasteiger partial charge in [-0.15, -0.1) is 0 Å². The minimum absolute atomic E-state index is 0.0356. The van der Waals surface area contributed by atoms with Gasteiger partial charge in [-0.25, -0.2) is 8.78 Å². The van der Waals surface area contributed by atoms with Crippen molar-refractivity contribution in [2.45, 2.75) is 19.5 Å². The molecule has 0 saturated carbocycles. The van der Waals surface area contributed by atoms with E-state index in [0.717, 1.165) is 19.2 Å². The van der Waals surface area contributed by atoms with Crippen LogP contribution in [0.4, 0.5) is 8.78 Å². The Kier molecular flexibility index (Phi) is 4.17. The van der Waals surface area contributed by atoms with Crippen LogP contribution in [0.5, 0.6) is 0 Å². The van der Waals surface area contributed by atoms with Crippen molar-refractivity contribution in [3.05, 3.63) is 47.1 Å². The number of aryl methyl sites for hydroxylation is 1. The number of nitrogens with zero attached hydrogens (tertiary/aromatic N) is 4. The number of likely N-dealkylation sites (N-methyl/N-ethyl adjacent to an activating group) is 1. The number of hydrogen-bond acceptors (Lipinski definition) is 5. The van der Waals surface area contributed by atoms with Gasteiger partial charge in [0.1, 0.15) is 6.04 Å². The second-order valence-electron chi connectivity index (χ2n) is 5.62. The summed E-state index contributed by atoms with van der Waals surface area (Å²) in [4.78, 5) is 8.48. The van der Waals surface area contributed by atoms with Crippen LogP contribution in [0, 0.1) is 18.6 Å². The molecule has 1 aromatic heterocycles.